The summed E-state index contributed by atoms with van der Waals surface area (Å²) in [4.78, 5) is 27.9. The summed E-state index contributed by atoms with van der Waals surface area (Å²) in [6, 6.07) is 2.13. The van der Waals surface area contributed by atoms with E-state index in [-0.39, 0.29) is 40.7 Å². The molecule has 0 aliphatic carbocycles. The highest BCUT2D eigenvalue weighted by Crippen LogP contribution is 2.43. The maximum Gasteiger partial charge on any atom is 0.417 e. The van der Waals surface area contributed by atoms with E-state index < -0.39 is 29.1 Å². The number of ether oxygens (including phenoxy) is 2. The lowest BCUT2D eigenvalue weighted by Gasteiger charge is -2.42. The third kappa shape index (κ3) is 5.44. The van der Waals surface area contributed by atoms with E-state index in [9.17, 15) is 22.4 Å². The number of carbonyl (C=O) groups is 1. The van der Waals surface area contributed by atoms with Crippen LogP contribution in [0.25, 0.3) is 10.9 Å². The first-order valence-corrected chi connectivity index (χ1v) is 14.9. The fraction of sp³-hybridized carbons (Fsp3) is 0.679. The van der Waals surface area contributed by atoms with Gasteiger partial charge in [0.25, 0.3) is 0 Å². The molecule has 41 heavy (non-hydrogen) atoms. The number of anilines is 1. The Labute approximate surface area is 244 Å². The van der Waals surface area contributed by atoms with Gasteiger partial charge in [-0.25, -0.2) is 9.18 Å². The molecule has 4 aliphatic rings. The van der Waals surface area contributed by atoms with Gasteiger partial charge in [0.15, 0.2) is 0 Å². The van der Waals surface area contributed by atoms with Crippen molar-refractivity contribution in [2.75, 3.05) is 37.7 Å². The van der Waals surface area contributed by atoms with Crippen LogP contribution in [0.5, 0.6) is 6.01 Å². The number of carbonyl (C=O) groups excluding carboxylic acids is 1. The molecule has 6 rings (SSSR count). The molecule has 1 aromatic carbocycles. The van der Waals surface area contributed by atoms with Gasteiger partial charge in [-0.05, 0) is 65.1 Å². The fourth-order valence-corrected chi connectivity index (χ4v) is 7.53. The number of alkyl halides is 4. The zero-order valence-corrected chi connectivity index (χ0v) is 24.9. The smallest absolute Gasteiger partial charge is 0.417 e. The van der Waals surface area contributed by atoms with Gasteiger partial charge in [-0.2, -0.15) is 23.1 Å². The summed E-state index contributed by atoms with van der Waals surface area (Å²) >= 11 is 3.07. The SMILES string of the molecule is CC(C)(C)OC(=O)N1[C@@H]2CC[C@H]1CN(c1nc(OC[C@@]34CCCN3C[C@H](F)C4)nc3cc(Br)c(C(F)(F)F)cc13)C2. The van der Waals surface area contributed by atoms with Gasteiger partial charge in [-0.1, -0.05) is 15.9 Å². The molecule has 224 valence electrons. The van der Waals surface area contributed by atoms with E-state index in [1.807, 2.05) is 25.7 Å². The van der Waals surface area contributed by atoms with Crippen molar-refractivity contribution in [2.45, 2.75) is 88.4 Å². The lowest BCUT2D eigenvalue weighted by Crippen LogP contribution is -2.57. The molecule has 0 spiro atoms. The van der Waals surface area contributed by atoms with Crippen molar-refractivity contribution >= 4 is 38.7 Å². The monoisotopic (exact) mass is 643 g/mol. The summed E-state index contributed by atoms with van der Waals surface area (Å²) in [6.45, 7) is 7.63. The Hall–Kier alpha value is -2.41. The molecule has 13 heteroatoms. The highest BCUT2D eigenvalue weighted by atomic mass is 79.9. The number of hydrogen-bond donors (Lipinski definition) is 0. The second kappa shape index (κ2) is 10.1. The molecule has 2 bridgehead atoms. The first-order chi connectivity index (χ1) is 19.2. The number of piperazine rings is 1. The second-order valence-electron chi connectivity index (χ2n) is 12.7. The van der Waals surface area contributed by atoms with Gasteiger partial charge >= 0.3 is 18.3 Å². The van der Waals surface area contributed by atoms with Crippen molar-refractivity contribution in [1.29, 1.82) is 0 Å². The molecule has 8 nitrogen and oxygen atoms in total. The summed E-state index contributed by atoms with van der Waals surface area (Å²) in [5, 5.41) is 0.253. The van der Waals surface area contributed by atoms with Crippen molar-refractivity contribution in [2.24, 2.45) is 0 Å². The molecule has 5 heterocycles. The molecule has 0 radical (unpaired) electrons. The van der Waals surface area contributed by atoms with Gasteiger partial charge in [0.05, 0.1) is 28.7 Å². The minimum Gasteiger partial charge on any atom is -0.461 e. The lowest BCUT2D eigenvalue weighted by atomic mass is 9.95. The Balaban J connectivity index is 1.34. The molecule has 0 N–H and O–H groups in total. The van der Waals surface area contributed by atoms with Crippen LogP contribution in [-0.2, 0) is 10.9 Å². The number of nitrogens with zero attached hydrogens (tertiary/aromatic N) is 5. The number of halogens is 5. The first kappa shape index (κ1) is 28.7. The standard InChI is InChI=1S/C28H34BrF4N5O3/c1-26(2,3)41-25(39)38-17-5-6-18(38)14-36(13-17)23-19-9-20(28(31,32)33)21(29)10-22(19)34-24(35-23)40-15-27-7-4-8-37(27)12-16(30)11-27/h9-10,16-18H,4-8,11-15H2,1-3H3/t16-,17-,18+,27+/m1/s1. The number of aromatic nitrogens is 2. The topological polar surface area (TPSA) is 71.0 Å². The molecule has 4 saturated heterocycles. The summed E-state index contributed by atoms with van der Waals surface area (Å²) < 4.78 is 67.6. The Morgan fingerprint density at radius 2 is 1.83 bits per heavy atom. The van der Waals surface area contributed by atoms with Crippen LogP contribution in [0.2, 0.25) is 0 Å². The zero-order chi connectivity index (χ0) is 29.3. The second-order valence-corrected chi connectivity index (χ2v) is 13.6. The molecule has 4 fully saturated rings. The highest BCUT2D eigenvalue weighted by Gasteiger charge is 2.50. The largest absolute Gasteiger partial charge is 0.461 e. The van der Waals surface area contributed by atoms with Crippen LogP contribution in [0, 0.1) is 0 Å². The minimum atomic E-state index is -4.58. The molecule has 4 aliphatic heterocycles. The molecular weight excluding hydrogens is 610 g/mol. The van der Waals surface area contributed by atoms with E-state index in [2.05, 4.69) is 30.8 Å². The number of hydrogen-bond acceptors (Lipinski definition) is 7. The average Bonchev–Trinajstić information content (AvgIpc) is 3.47. The Morgan fingerprint density at radius 1 is 1.12 bits per heavy atom. The third-order valence-electron chi connectivity index (χ3n) is 8.67. The number of rotatable bonds is 4. The van der Waals surface area contributed by atoms with Gasteiger partial charge in [-0.3, -0.25) is 9.80 Å². The average molecular weight is 645 g/mol. The summed E-state index contributed by atoms with van der Waals surface area (Å²) in [6.07, 6.45) is -2.21. The van der Waals surface area contributed by atoms with E-state index >= 15 is 0 Å². The maximum atomic E-state index is 14.3. The van der Waals surface area contributed by atoms with Crippen LogP contribution in [0.1, 0.15) is 58.4 Å². The molecule has 0 unspecified atom stereocenters. The van der Waals surface area contributed by atoms with E-state index in [1.54, 1.807) is 4.90 Å². The van der Waals surface area contributed by atoms with E-state index in [0.717, 1.165) is 38.3 Å². The Morgan fingerprint density at radius 3 is 2.49 bits per heavy atom. The lowest BCUT2D eigenvalue weighted by molar-refractivity contribution is -0.138. The molecule has 1 amide bonds. The van der Waals surface area contributed by atoms with Crippen molar-refractivity contribution in [3.8, 4) is 6.01 Å². The highest BCUT2D eigenvalue weighted by molar-refractivity contribution is 9.10. The molecular formula is C28H34BrF4N5O3. The fourth-order valence-electron chi connectivity index (χ4n) is 6.97. The van der Waals surface area contributed by atoms with Gasteiger partial charge in [0, 0.05) is 35.9 Å². The molecule has 0 saturated carbocycles. The van der Waals surface area contributed by atoms with Crippen LogP contribution in [-0.4, -0.2) is 88.0 Å². The van der Waals surface area contributed by atoms with Gasteiger partial charge in [0.1, 0.15) is 24.2 Å². The zero-order valence-electron chi connectivity index (χ0n) is 23.3. The van der Waals surface area contributed by atoms with E-state index in [0.29, 0.717) is 37.4 Å². The van der Waals surface area contributed by atoms with Gasteiger partial charge < -0.3 is 14.4 Å². The van der Waals surface area contributed by atoms with Crippen molar-refractivity contribution in [3.05, 3.63) is 22.2 Å². The van der Waals surface area contributed by atoms with Gasteiger partial charge in [0.2, 0.25) is 0 Å². The van der Waals surface area contributed by atoms with Crippen molar-refractivity contribution in [3.63, 3.8) is 0 Å². The predicted octanol–water partition coefficient (Wildman–Crippen LogP) is 5.95. The molecule has 4 atom stereocenters. The van der Waals surface area contributed by atoms with Gasteiger partial charge in [-0.15, -0.1) is 0 Å². The number of benzene rings is 1. The summed E-state index contributed by atoms with van der Waals surface area (Å²) in [7, 11) is 0. The third-order valence-corrected chi connectivity index (χ3v) is 9.32. The molecule has 2 aromatic rings. The Bertz CT molecular complexity index is 1340. The van der Waals surface area contributed by atoms with Crippen LogP contribution >= 0.6 is 15.9 Å². The normalized spacial score (nSPS) is 28.4. The first-order valence-electron chi connectivity index (χ1n) is 14.1. The Kier molecular flexibility index (Phi) is 7.07. The summed E-state index contributed by atoms with van der Waals surface area (Å²) in [5.74, 6) is 0.333. The summed E-state index contributed by atoms with van der Waals surface area (Å²) in [5.41, 5.74) is -1.57. The van der Waals surface area contributed by atoms with E-state index in [1.165, 1.54) is 6.07 Å². The minimum absolute atomic E-state index is 0.0459. The van der Waals surface area contributed by atoms with Crippen LogP contribution in [0.4, 0.5) is 28.2 Å². The van der Waals surface area contributed by atoms with Crippen LogP contribution < -0.4 is 9.64 Å². The maximum absolute atomic E-state index is 14.3. The van der Waals surface area contributed by atoms with Crippen LogP contribution in [0.3, 0.4) is 0 Å². The predicted molar refractivity (Wildman–Crippen MR) is 148 cm³/mol. The number of amides is 1. The molecule has 1 aromatic heterocycles. The number of fused-ring (bicyclic) bond motifs is 4. The van der Waals surface area contributed by atoms with Crippen molar-refractivity contribution in [1.82, 2.24) is 19.8 Å². The van der Waals surface area contributed by atoms with Crippen LogP contribution in [0.15, 0.2) is 16.6 Å². The van der Waals surface area contributed by atoms with Crippen molar-refractivity contribution < 1.29 is 31.8 Å². The quantitative estimate of drug-likeness (QED) is 0.381. The van der Waals surface area contributed by atoms with E-state index in [4.69, 9.17) is 9.47 Å².